The molecule has 3 aromatic rings. The quantitative estimate of drug-likeness (QED) is 0.702. The van der Waals surface area contributed by atoms with Gasteiger partial charge in [0.15, 0.2) is 0 Å². The summed E-state index contributed by atoms with van der Waals surface area (Å²) < 4.78 is 15.4. The fourth-order valence-electron chi connectivity index (χ4n) is 2.20. The van der Waals surface area contributed by atoms with E-state index in [1.165, 1.54) is 6.07 Å². The molecule has 0 amide bonds. The topological polar surface area (TPSA) is 30.9 Å². The van der Waals surface area contributed by atoms with Crippen LogP contribution in [0, 0.1) is 5.82 Å². The third kappa shape index (κ3) is 2.17. The number of aromatic nitrogens is 1. The standard InChI is InChI=1S/C15H12ClFN2/c16-12-9-19(15-4-2-1-3-11(12)15)8-10-5-6-14(18)13(17)7-10/h1-7,9H,8,18H2. The molecule has 4 heteroatoms. The molecule has 0 spiro atoms. The first-order chi connectivity index (χ1) is 9.15. The van der Waals surface area contributed by atoms with Crippen molar-refractivity contribution in [1.29, 1.82) is 0 Å². The number of fused-ring (bicyclic) bond motifs is 1. The summed E-state index contributed by atoms with van der Waals surface area (Å²) in [7, 11) is 0. The van der Waals surface area contributed by atoms with Crippen molar-refractivity contribution in [1.82, 2.24) is 4.57 Å². The Labute approximate surface area is 115 Å². The van der Waals surface area contributed by atoms with Gasteiger partial charge in [0.1, 0.15) is 5.82 Å². The van der Waals surface area contributed by atoms with E-state index in [9.17, 15) is 4.39 Å². The van der Waals surface area contributed by atoms with Crippen molar-refractivity contribution in [3.63, 3.8) is 0 Å². The Morgan fingerprint density at radius 3 is 2.74 bits per heavy atom. The van der Waals surface area contributed by atoms with Crippen LogP contribution in [0.25, 0.3) is 10.9 Å². The molecule has 0 aliphatic rings. The minimum absolute atomic E-state index is 0.166. The summed E-state index contributed by atoms with van der Waals surface area (Å²) in [6, 6.07) is 12.7. The van der Waals surface area contributed by atoms with Gasteiger partial charge in [0, 0.05) is 23.6 Å². The number of nitrogen functional groups attached to an aromatic ring is 1. The number of anilines is 1. The van der Waals surface area contributed by atoms with Gasteiger partial charge in [-0.25, -0.2) is 4.39 Å². The lowest BCUT2D eigenvalue weighted by molar-refractivity contribution is 0.628. The maximum atomic E-state index is 13.4. The molecular formula is C15H12ClFN2. The Morgan fingerprint density at radius 2 is 1.95 bits per heavy atom. The smallest absolute Gasteiger partial charge is 0.146 e. The fraction of sp³-hybridized carbons (Fsp3) is 0.0667. The Kier molecular flexibility index (Phi) is 2.91. The Balaban J connectivity index is 2.03. The second kappa shape index (κ2) is 4.59. The molecule has 0 unspecified atom stereocenters. The number of halogens is 2. The lowest BCUT2D eigenvalue weighted by Crippen LogP contribution is -1.99. The summed E-state index contributed by atoms with van der Waals surface area (Å²) in [5.74, 6) is -0.389. The van der Waals surface area contributed by atoms with E-state index in [0.717, 1.165) is 16.5 Å². The molecule has 0 atom stereocenters. The van der Waals surface area contributed by atoms with Crippen LogP contribution in [0.2, 0.25) is 5.02 Å². The number of rotatable bonds is 2. The predicted octanol–water partition coefficient (Wildman–Crippen LogP) is 4.06. The van der Waals surface area contributed by atoms with E-state index >= 15 is 0 Å². The van der Waals surface area contributed by atoms with E-state index in [0.29, 0.717) is 11.6 Å². The van der Waals surface area contributed by atoms with Crippen LogP contribution < -0.4 is 5.73 Å². The Morgan fingerprint density at radius 1 is 1.16 bits per heavy atom. The second-order valence-electron chi connectivity index (χ2n) is 4.48. The van der Waals surface area contributed by atoms with Crippen LogP contribution in [0.4, 0.5) is 10.1 Å². The summed E-state index contributed by atoms with van der Waals surface area (Å²) in [6.07, 6.45) is 1.86. The SMILES string of the molecule is Nc1ccc(Cn2cc(Cl)c3ccccc32)cc1F. The Hall–Kier alpha value is -2.00. The van der Waals surface area contributed by atoms with Gasteiger partial charge in [-0.15, -0.1) is 0 Å². The first-order valence-electron chi connectivity index (χ1n) is 5.92. The molecule has 0 aliphatic carbocycles. The van der Waals surface area contributed by atoms with Gasteiger partial charge in [-0.3, -0.25) is 0 Å². The number of hydrogen-bond donors (Lipinski definition) is 1. The highest BCUT2D eigenvalue weighted by atomic mass is 35.5. The molecule has 2 N–H and O–H groups in total. The minimum Gasteiger partial charge on any atom is -0.396 e. The van der Waals surface area contributed by atoms with Gasteiger partial charge in [-0.2, -0.15) is 0 Å². The third-order valence-corrected chi connectivity index (χ3v) is 3.46. The van der Waals surface area contributed by atoms with Crippen LogP contribution in [0.5, 0.6) is 0 Å². The average molecular weight is 275 g/mol. The second-order valence-corrected chi connectivity index (χ2v) is 4.89. The molecule has 1 aromatic heterocycles. The van der Waals surface area contributed by atoms with E-state index < -0.39 is 0 Å². The molecule has 0 bridgehead atoms. The molecule has 2 aromatic carbocycles. The number of hydrogen-bond acceptors (Lipinski definition) is 1. The lowest BCUT2D eigenvalue weighted by Gasteiger charge is -2.06. The molecule has 0 fully saturated rings. The Bertz CT molecular complexity index is 749. The molecule has 2 nitrogen and oxygen atoms in total. The van der Waals surface area contributed by atoms with E-state index in [1.54, 1.807) is 6.07 Å². The minimum atomic E-state index is -0.389. The van der Waals surface area contributed by atoms with Crippen LogP contribution in [0.3, 0.4) is 0 Å². The van der Waals surface area contributed by atoms with Crippen molar-refractivity contribution in [2.75, 3.05) is 5.73 Å². The molecule has 96 valence electrons. The largest absolute Gasteiger partial charge is 0.396 e. The first-order valence-corrected chi connectivity index (χ1v) is 6.30. The van der Waals surface area contributed by atoms with Crippen LogP contribution in [0.15, 0.2) is 48.7 Å². The van der Waals surface area contributed by atoms with Crippen LogP contribution >= 0.6 is 11.6 Å². The summed E-state index contributed by atoms with van der Waals surface area (Å²) in [6.45, 7) is 0.560. The predicted molar refractivity (Wildman–Crippen MR) is 76.9 cm³/mol. The average Bonchev–Trinajstić information content (AvgIpc) is 2.72. The number of nitrogens with two attached hydrogens (primary N) is 1. The van der Waals surface area contributed by atoms with Crippen LogP contribution in [-0.4, -0.2) is 4.57 Å². The normalized spacial score (nSPS) is 11.1. The van der Waals surface area contributed by atoms with Crippen molar-refractivity contribution in [2.24, 2.45) is 0 Å². The van der Waals surface area contributed by atoms with Gasteiger partial charge in [-0.05, 0) is 23.8 Å². The van der Waals surface area contributed by atoms with Crippen molar-refractivity contribution >= 4 is 28.2 Å². The number of para-hydroxylation sites is 1. The zero-order valence-corrected chi connectivity index (χ0v) is 10.9. The van der Waals surface area contributed by atoms with Crippen molar-refractivity contribution in [2.45, 2.75) is 6.54 Å². The van der Waals surface area contributed by atoms with E-state index in [-0.39, 0.29) is 11.5 Å². The monoisotopic (exact) mass is 274 g/mol. The van der Waals surface area contributed by atoms with Gasteiger partial charge in [0.2, 0.25) is 0 Å². The maximum absolute atomic E-state index is 13.4. The molecule has 0 saturated carbocycles. The molecule has 0 saturated heterocycles. The van der Waals surface area contributed by atoms with E-state index in [2.05, 4.69) is 0 Å². The van der Waals surface area contributed by atoms with Gasteiger partial charge >= 0.3 is 0 Å². The maximum Gasteiger partial charge on any atom is 0.146 e. The highest BCUT2D eigenvalue weighted by molar-refractivity contribution is 6.35. The van der Waals surface area contributed by atoms with Crippen molar-refractivity contribution < 1.29 is 4.39 Å². The van der Waals surface area contributed by atoms with Gasteiger partial charge in [0.05, 0.1) is 10.7 Å². The molecular weight excluding hydrogens is 263 g/mol. The number of nitrogens with zero attached hydrogens (tertiary/aromatic N) is 1. The van der Waals surface area contributed by atoms with Gasteiger partial charge < -0.3 is 10.3 Å². The van der Waals surface area contributed by atoms with Gasteiger partial charge in [0.25, 0.3) is 0 Å². The summed E-state index contributed by atoms with van der Waals surface area (Å²) in [4.78, 5) is 0. The summed E-state index contributed by atoms with van der Waals surface area (Å²) in [5, 5.41) is 1.70. The van der Waals surface area contributed by atoms with Crippen LogP contribution in [0.1, 0.15) is 5.56 Å². The highest BCUT2D eigenvalue weighted by Crippen LogP contribution is 2.26. The molecule has 0 aliphatic heterocycles. The summed E-state index contributed by atoms with van der Waals surface area (Å²) >= 11 is 6.19. The first kappa shape index (κ1) is 12.1. The van der Waals surface area contributed by atoms with Crippen molar-refractivity contribution in [3.8, 4) is 0 Å². The highest BCUT2D eigenvalue weighted by Gasteiger charge is 2.07. The fourth-order valence-corrected chi connectivity index (χ4v) is 2.48. The third-order valence-electron chi connectivity index (χ3n) is 3.16. The van der Waals surface area contributed by atoms with Crippen molar-refractivity contribution in [3.05, 3.63) is 65.1 Å². The lowest BCUT2D eigenvalue weighted by atomic mass is 10.2. The molecule has 19 heavy (non-hydrogen) atoms. The van der Waals surface area contributed by atoms with E-state index in [1.807, 2.05) is 41.1 Å². The molecule has 0 radical (unpaired) electrons. The molecule has 1 heterocycles. The van der Waals surface area contributed by atoms with Gasteiger partial charge in [-0.1, -0.05) is 35.9 Å². The van der Waals surface area contributed by atoms with E-state index in [4.69, 9.17) is 17.3 Å². The zero-order chi connectivity index (χ0) is 13.4. The summed E-state index contributed by atoms with van der Waals surface area (Å²) in [5.41, 5.74) is 7.52. The zero-order valence-electron chi connectivity index (χ0n) is 10.1. The number of benzene rings is 2. The molecule has 3 rings (SSSR count). The van der Waals surface area contributed by atoms with Crippen LogP contribution in [-0.2, 0) is 6.54 Å².